The quantitative estimate of drug-likeness (QED) is 0.753. The summed E-state index contributed by atoms with van der Waals surface area (Å²) in [6.07, 6.45) is 2.15. The van der Waals surface area contributed by atoms with E-state index in [-0.39, 0.29) is 10.6 Å². The fraction of sp³-hybridized carbons (Fsp3) is 0.533. The summed E-state index contributed by atoms with van der Waals surface area (Å²) in [5.74, 6) is 0.342. The van der Waals surface area contributed by atoms with Gasteiger partial charge in [-0.15, -0.1) is 0 Å². The third-order valence-corrected chi connectivity index (χ3v) is 5.83. The van der Waals surface area contributed by atoms with Crippen molar-refractivity contribution in [1.29, 1.82) is 0 Å². The van der Waals surface area contributed by atoms with Crippen LogP contribution >= 0.6 is 0 Å². The molecule has 126 valence electrons. The monoisotopic (exact) mass is 338 g/mol. The molecule has 8 heteroatoms. The number of benzene rings is 1. The van der Waals surface area contributed by atoms with Crippen molar-refractivity contribution in [2.24, 2.45) is 5.92 Å². The maximum atomic E-state index is 12.4. The first-order valence-electron chi connectivity index (χ1n) is 7.92. The zero-order valence-corrected chi connectivity index (χ0v) is 13.9. The van der Waals surface area contributed by atoms with Crippen molar-refractivity contribution < 1.29 is 8.42 Å². The first kappa shape index (κ1) is 16.2. The standard InChI is InChI=1S/C15H22N4O3S/c1-2-19-7-3-4-11(10-19)9-16-23(21,22)12-5-6-13-14(8-12)18-15(20)17-13/h5-6,8,11,16H,2-4,7,9-10H2,1H3,(H2,17,18,20). The number of sulfonamides is 1. The van der Waals surface area contributed by atoms with Gasteiger partial charge in [0, 0.05) is 13.1 Å². The van der Waals surface area contributed by atoms with E-state index >= 15 is 0 Å². The molecule has 0 saturated carbocycles. The van der Waals surface area contributed by atoms with Gasteiger partial charge in [-0.05, 0) is 50.0 Å². The summed E-state index contributed by atoms with van der Waals surface area (Å²) in [4.78, 5) is 19.0. The maximum absolute atomic E-state index is 12.4. The zero-order chi connectivity index (χ0) is 16.4. The zero-order valence-electron chi connectivity index (χ0n) is 13.1. The van der Waals surface area contributed by atoms with Crippen LogP contribution in [0.5, 0.6) is 0 Å². The van der Waals surface area contributed by atoms with E-state index in [2.05, 4.69) is 26.5 Å². The molecule has 1 atom stereocenters. The summed E-state index contributed by atoms with van der Waals surface area (Å²) in [5, 5.41) is 0. The van der Waals surface area contributed by atoms with Crippen molar-refractivity contribution in [2.45, 2.75) is 24.7 Å². The number of imidazole rings is 1. The molecule has 0 amide bonds. The molecule has 0 spiro atoms. The molecule has 0 aliphatic carbocycles. The molecule has 1 saturated heterocycles. The van der Waals surface area contributed by atoms with Crippen molar-refractivity contribution in [3.8, 4) is 0 Å². The van der Waals surface area contributed by atoms with Gasteiger partial charge in [0.1, 0.15) is 0 Å². The second kappa shape index (κ2) is 6.46. The van der Waals surface area contributed by atoms with Crippen LogP contribution in [-0.4, -0.2) is 49.5 Å². The molecule has 1 unspecified atom stereocenters. The highest BCUT2D eigenvalue weighted by molar-refractivity contribution is 7.89. The van der Waals surface area contributed by atoms with E-state index in [1.807, 2.05) is 0 Å². The molecule has 2 aromatic rings. The van der Waals surface area contributed by atoms with Crippen LogP contribution in [0.2, 0.25) is 0 Å². The Morgan fingerprint density at radius 1 is 1.30 bits per heavy atom. The molecule has 23 heavy (non-hydrogen) atoms. The Kier molecular flexibility index (Phi) is 4.56. The number of hydrogen-bond donors (Lipinski definition) is 3. The van der Waals surface area contributed by atoms with Gasteiger partial charge < -0.3 is 14.9 Å². The fourth-order valence-corrected chi connectivity index (χ4v) is 4.24. The maximum Gasteiger partial charge on any atom is 0.323 e. The van der Waals surface area contributed by atoms with Gasteiger partial charge >= 0.3 is 5.69 Å². The molecule has 1 aromatic heterocycles. The largest absolute Gasteiger partial charge is 0.323 e. The van der Waals surface area contributed by atoms with Gasteiger partial charge in [-0.3, -0.25) is 0 Å². The van der Waals surface area contributed by atoms with E-state index in [9.17, 15) is 13.2 Å². The Hall–Kier alpha value is -1.64. The van der Waals surface area contributed by atoms with Gasteiger partial charge in [-0.1, -0.05) is 6.92 Å². The summed E-state index contributed by atoms with van der Waals surface area (Å²) >= 11 is 0. The van der Waals surface area contributed by atoms with Crippen LogP contribution in [0.3, 0.4) is 0 Å². The molecule has 1 aromatic carbocycles. The van der Waals surface area contributed by atoms with E-state index in [1.54, 1.807) is 6.07 Å². The number of piperidine rings is 1. The number of rotatable bonds is 5. The van der Waals surface area contributed by atoms with Gasteiger partial charge in [0.15, 0.2) is 0 Å². The van der Waals surface area contributed by atoms with Crippen LogP contribution in [0.1, 0.15) is 19.8 Å². The van der Waals surface area contributed by atoms with Crippen LogP contribution in [0.25, 0.3) is 11.0 Å². The molecule has 1 aliphatic heterocycles. The highest BCUT2D eigenvalue weighted by Gasteiger charge is 2.22. The lowest BCUT2D eigenvalue weighted by molar-refractivity contribution is 0.184. The van der Waals surface area contributed by atoms with Crippen molar-refractivity contribution in [3.05, 3.63) is 28.7 Å². The van der Waals surface area contributed by atoms with E-state index < -0.39 is 10.0 Å². The van der Waals surface area contributed by atoms with Gasteiger partial charge in [0.2, 0.25) is 10.0 Å². The molecular weight excluding hydrogens is 316 g/mol. The predicted molar refractivity (Wildman–Crippen MR) is 88.9 cm³/mol. The molecule has 0 radical (unpaired) electrons. The first-order chi connectivity index (χ1) is 11.0. The number of aromatic amines is 2. The van der Waals surface area contributed by atoms with Crippen LogP contribution in [-0.2, 0) is 10.0 Å². The summed E-state index contributed by atoms with van der Waals surface area (Å²) in [6.45, 7) is 5.60. The minimum atomic E-state index is -3.57. The first-order valence-corrected chi connectivity index (χ1v) is 9.40. The average Bonchev–Trinajstić information content (AvgIpc) is 2.92. The predicted octanol–water partition coefficient (Wildman–Crippen LogP) is 0.866. The van der Waals surface area contributed by atoms with E-state index in [4.69, 9.17) is 0 Å². The Morgan fingerprint density at radius 2 is 2.09 bits per heavy atom. The van der Waals surface area contributed by atoms with Gasteiger partial charge in [0.05, 0.1) is 15.9 Å². The van der Waals surface area contributed by atoms with Crippen molar-refractivity contribution >= 4 is 21.1 Å². The lowest BCUT2D eigenvalue weighted by Crippen LogP contribution is -2.40. The van der Waals surface area contributed by atoms with Crippen molar-refractivity contribution in [3.63, 3.8) is 0 Å². The SMILES string of the molecule is CCN1CCCC(CNS(=O)(=O)c2ccc3[nH]c(=O)[nH]c3c2)C1. The highest BCUT2D eigenvalue weighted by Crippen LogP contribution is 2.18. The van der Waals surface area contributed by atoms with E-state index in [1.165, 1.54) is 12.1 Å². The number of nitrogens with zero attached hydrogens (tertiary/aromatic N) is 1. The van der Waals surface area contributed by atoms with Gasteiger partial charge in [-0.25, -0.2) is 17.9 Å². The van der Waals surface area contributed by atoms with E-state index in [0.717, 1.165) is 32.5 Å². The second-order valence-corrected chi connectivity index (χ2v) is 7.81. The molecule has 7 nitrogen and oxygen atoms in total. The summed E-state index contributed by atoms with van der Waals surface area (Å²) in [6, 6.07) is 4.59. The lowest BCUT2D eigenvalue weighted by atomic mass is 9.98. The van der Waals surface area contributed by atoms with Crippen molar-refractivity contribution in [2.75, 3.05) is 26.2 Å². The normalized spacial score (nSPS) is 20.1. The topological polar surface area (TPSA) is 98.1 Å². The number of hydrogen-bond acceptors (Lipinski definition) is 4. The third kappa shape index (κ3) is 3.65. The van der Waals surface area contributed by atoms with Crippen molar-refractivity contribution in [1.82, 2.24) is 19.6 Å². The molecule has 1 aliphatic rings. The molecule has 3 rings (SSSR count). The van der Waals surface area contributed by atoms with Crippen LogP contribution in [0.4, 0.5) is 0 Å². The third-order valence-electron chi connectivity index (χ3n) is 4.41. The molecule has 0 bridgehead atoms. The molecular formula is C15H22N4O3S. The minimum absolute atomic E-state index is 0.170. The Morgan fingerprint density at radius 3 is 2.87 bits per heavy atom. The Balaban J connectivity index is 1.71. The number of aromatic nitrogens is 2. The number of nitrogens with one attached hydrogen (secondary N) is 3. The number of H-pyrrole nitrogens is 2. The second-order valence-electron chi connectivity index (χ2n) is 6.04. The van der Waals surface area contributed by atoms with Crippen LogP contribution in [0, 0.1) is 5.92 Å². The smallest absolute Gasteiger partial charge is 0.306 e. The molecule has 1 fully saturated rings. The van der Waals surface area contributed by atoms with Gasteiger partial charge in [0.25, 0.3) is 0 Å². The van der Waals surface area contributed by atoms with Crippen LogP contribution in [0.15, 0.2) is 27.9 Å². The van der Waals surface area contributed by atoms with Gasteiger partial charge in [-0.2, -0.15) is 0 Å². The average molecular weight is 338 g/mol. The van der Waals surface area contributed by atoms with E-state index in [0.29, 0.717) is 23.5 Å². The summed E-state index contributed by atoms with van der Waals surface area (Å²) in [7, 11) is -3.57. The fourth-order valence-electron chi connectivity index (χ4n) is 3.09. The lowest BCUT2D eigenvalue weighted by Gasteiger charge is -2.31. The molecule has 3 N–H and O–H groups in total. The Labute approximate surface area is 135 Å². The Bertz CT molecular complexity index is 840. The minimum Gasteiger partial charge on any atom is -0.306 e. The molecule has 2 heterocycles. The van der Waals surface area contributed by atoms with Crippen LogP contribution < -0.4 is 10.4 Å². The summed E-state index contributed by atoms with van der Waals surface area (Å²) < 4.78 is 27.6. The summed E-state index contributed by atoms with van der Waals surface area (Å²) in [5.41, 5.74) is 0.747. The number of fused-ring (bicyclic) bond motifs is 1. The highest BCUT2D eigenvalue weighted by atomic mass is 32.2. The number of likely N-dealkylation sites (tertiary alicyclic amines) is 1.